The Balaban J connectivity index is 1.41. The maximum absolute atomic E-state index is 9.75. The lowest BCUT2D eigenvalue weighted by Crippen LogP contribution is -2.45. The van der Waals surface area contributed by atoms with Crippen LogP contribution in [0.25, 0.3) is 21.3 Å². The van der Waals surface area contributed by atoms with Crippen LogP contribution in [0.1, 0.15) is 17.4 Å². The zero-order chi connectivity index (χ0) is 25.9. The van der Waals surface area contributed by atoms with Crippen molar-refractivity contribution in [1.29, 1.82) is 5.26 Å². The number of thiophene rings is 1. The molecule has 0 saturated carbocycles. The van der Waals surface area contributed by atoms with E-state index in [1.165, 1.54) is 9.75 Å². The Morgan fingerprint density at radius 3 is 2.57 bits per heavy atom. The summed E-state index contributed by atoms with van der Waals surface area (Å²) in [5.41, 5.74) is 3.56. The number of hydrogen-bond donors (Lipinski definition) is 1. The highest BCUT2D eigenvalue weighted by Gasteiger charge is 2.17. The molecule has 4 aromatic rings. The summed E-state index contributed by atoms with van der Waals surface area (Å²) >= 11 is 14.5. The minimum Gasteiger partial charge on any atom is -0.495 e. The van der Waals surface area contributed by atoms with Gasteiger partial charge in [0.15, 0.2) is 0 Å². The van der Waals surface area contributed by atoms with Crippen LogP contribution in [0.3, 0.4) is 0 Å². The molecule has 0 spiro atoms. The lowest BCUT2D eigenvalue weighted by atomic mass is 10.1. The number of pyridine rings is 1. The molecular weight excluding hydrogens is 525 g/mol. The number of hydrogen-bond acceptors (Lipinski definition) is 7. The molecule has 1 saturated heterocycles. The van der Waals surface area contributed by atoms with Gasteiger partial charge in [0.05, 0.1) is 39.6 Å². The lowest BCUT2D eigenvalue weighted by molar-refractivity contribution is 0.133. The highest BCUT2D eigenvalue weighted by atomic mass is 35.5. The van der Waals surface area contributed by atoms with Crippen LogP contribution in [0.15, 0.2) is 48.7 Å². The van der Waals surface area contributed by atoms with Gasteiger partial charge in [-0.3, -0.25) is 9.88 Å². The molecular formula is C28H27Cl2N5OS. The van der Waals surface area contributed by atoms with E-state index in [-0.39, 0.29) is 0 Å². The zero-order valence-corrected chi connectivity index (χ0v) is 23.1. The van der Waals surface area contributed by atoms with Gasteiger partial charge in [-0.2, -0.15) is 5.26 Å². The van der Waals surface area contributed by atoms with Crippen molar-refractivity contribution in [3.63, 3.8) is 0 Å². The minimum atomic E-state index is 0.418. The van der Waals surface area contributed by atoms with E-state index in [1.807, 2.05) is 17.4 Å². The first-order valence-corrected chi connectivity index (χ1v) is 13.7. The molecule has 0 atom stereocenters. The molecule has 0 amide bonds. The van der Waals surface area contributed by atoms with E-state index >= 15 is 0 Å². The smallest absolute Gasteiger partial charge is 0.139 e. The number of ether oxygens (including phenoxy) is 1. The van der Waals surface area contributed by atoms with Crippen molar-refractivity contribution in [1.82, 2.24) is 14.8 Å². The maximum Gasteiger partial charge on any atom is 0.139 e. The number of anilines is 2. The quantitative estimate of drug-likeness (QED) is 0.266. The molecule has 5 rings (SSSR count). The third-order valence-corrected chi connectivity index (χ3v) is 8.46. The van der Waals surface area contributed by atoms with E-state index in [0.717, 1.165) is 55.7 Å². The summed E-state index contributed by atoms with van der Waals surface area (Å²) in [6.07, 6.45) is 1.59. The summed E-state index contributed by atoms with van der Waals surface area (Å²) in [4.78, 5) is 12.2. The van der Waals surface area contributed by atoms with Crippen molar-refractivity contribution in [2.75, 3.05) is 45.2 Å². The summed E-state index contributed by atoms with van der Waals surface area (Å²) in [5, 5.41) is 14.7. The van der Waals surface area contributed by atoms with Gasteiger partial charge in [-0.05, 0) is 36.4 Å². The van der Waals surface area contributed by atoms with Crippen LogP contribution in [-0.2, 0) is 6.54 Å². The van der Waals surface area contributed by atoms with Crippen molar-refractivity contribution >= 4 is 56.8 Å². The van der Waals surface area contributed by atoms with Gasteiger partial charge in [-0.25, -0.2) is 0 Å². The third kappa shape index (κ3) is 5.54. The molecule has 0 unspecified atom stereocenters. The fraction of sp³-hybridized carbons (Fsp3) is 0.286. The molecule has 2 aromatic heterocycles. The van der Waals surface area contributed by atoms with Crippen molar-refractivity contribution in [2.45, 2.75) is 13.5 Å². The molecule has 6 nitrogen and oxygen atoms in total. The number of piperazine rings is 1. The number of methoxy groups -OCH3 is 1. The second-order valence-electron chi connectivity index (χ2n) is 8.96. The first-order chi connectivity index (χ1) is 18.0. The van der Waals surface area contributed by atoms with E-state index in [0.29, 0.717) is 32.7 Å². The number of nitrogens with zero attached hydrogens (tertiary/aromatic N) is 4. The van der Waals surface area contributed by atoms with Crippen LogP contribution in [-0.4, -0.2) is 54.6 Å². The molecule has 2 aromatic carbocycles. The summed E-state index contributed by atoms with van der Waals surface area (Å²) in [5.74, 6) is 0.494. The predicted octanol–water partition coefficient (Wildman–Crippen LogP) is 7.03. The van der Waals surface area contributed by atoms with E-state index in [1.54, 1.807) is 25.4 Å². The van der Waals surface area contributed by atoms with E-state index in [4.69, 9.17) is 27.9 Å². The average molecular weight is 553 g/mol. The van der Waals surface area contributed by atoms with Crippen molar-refractivity contribution < 1.29 is 4.74 Å². The van der Waals surface area contributed by atoms with Gasteiger partial charge in [-0.15, -0.1) is 11.3 Å². The van der Waals surface area contributed by atoms with Gasteiger partial charge in [-0.1, -0.05) is 42.3 Å². The number of benzene rings is 2. The largest absolute Gasteiger partial charge is 0.495 e. The average Bonchev–Trinajstić information content (AvgIpc) is 3.38. The number of aromatic nitrogens is 1. The normalized spacial score (nSPS) is 14.6. The number of nitrogens with one attached hydrogen (secondary N) is 1. The molecule has 1 aliphatic rings. The SMILES string of the molecule is CCN1CCN(Cc2ccc(-c3ccc4c(Nc5cc(OC)c(Cl)cc5Cl)c(C#N)cnc4c3)s2)CC1. The molecule has 0 radical (unpaired) electrons. The standard InChI is InChI=1S/C28H27Cl2N5OS/c1-3-34-8-10-35(11-9-34)17-20-5-7-27(37-20)18-4-6-21-24(12-18)32-16-19(15-31)28(21)33-25-14-26(36-2)23(30)13-22(25)29/h4-7,12-14,16H,3,8-11,17H2,1-2H3,(H,32,33). The Morgan fingerprint density at radius 1 is 1.05 bits per heavy atom. The maximum atomic E-state index is 9.75. The highest BCUT2D eigenvalue weighted by molar-refractivity contribution is 7.15. The molecule has 190 valence electrons. The number of likely N-dealkylation sites (N-methyl/N-ethyl adjacent to an activating group) is 1. The van der Waals surface area contributed by atoms with Crippen LogP contribution in [0.4, 0.5) is 11.4 Å². The van der Waals surface area contributed by atoms with Gasteiger partial charge in [0.25, 0.3) is 0 Å². The molecule has 3 heterocycles. The Kier molecular flexibility index (Phi) is 7.84. The fourth-order valence-electron chi connectivity index (χ4n) is 4.58. The summed E-state index contributed by atoms with van der Waals surface area (Å²) in [6, 6.07) is 16.1. The monoisotopic (exact) mass is 551 g/mol. The summed E-state index contributed by atoms with van der Waals surface area (Å²) in [6.45, 7) is 8.84. The van der Waals surface area contributed by atoms with Gasteiger partial charge < -0.3 is 15.0 Å². The van der Waals surface area contributed by atoms with Crippen LogP contribution < -0.4 is 10.1 Å². The molecule has 1 N–H and O–H groups in total. The third-order valence-electron chi connectivity index (χ3n) is 6.73. The van der Waals surface area contributed by atoms with Gasteiger partial charge in [0.1, 0.15) is 11.8 Å². The van der Waals surface area contributed by atoms with Crippen LogP contribution in [0, 0.1) is 11.3 Å². The number of nitriles is 1. The molecule has 0 bridgehead atoms. The predicted molar refractivity (Wildman–Crippen MR) is 153 cm³/mol. The van der Waals surface area contributed by atoms with E-state index in [2.05, 4.69) is 57.4 Å². The Bertz CT molecular complexity index is 1470. The van der Waals surface area contributed by atoms with Crippen LogP contribution in [0.2, 0.25) is 10.0 Å². The van der Waals surface area contributed by atoms with E-state index < -0.39 is 0 Å². The first kappa shape index (κ1) is 25.8. The molecule has 1 aliphatic heterocycles. The second-order valence-corrected chi connectivity index (χ2v) is 10.9. The molecule has 37 heavy (non-hydrogen) atoms. The highest BCUT2D eigenvalue weighted by Crippen LogP contribution is 2.39. The molecule has 0 aliphatic carbocycles. The topological polar surface area (TPSA) is 64.4 Å². The van der Waals surface area contributed by atoms with Crippen LogP contribution >= 0.6 is 34.5 Å². The second kappa shape index (κ2) is 11.3. The van der Waals surface area contributed by atoms with Crippen molar-refractivity contribution in [3.05, 3.63) is 69.1 Å². The summed E-state index contributed by atoms with van der Waals surface area (Å²) in [7, 11) is 1.55. The minimum absolute atomic E-state index is 0.418. The number of fused-ring (bicyclic) bond motifs is 1. The Morgan fingerprint density at radius 2 is 1.84 bits per heavy atom. The first-order valence-electron chi connectivity index (χ1n) is 12.2. The fourth-order valence-corrected chi connectivity index (χ4v) is 6.14. The van der Waals surface area contributed by atoms with Gasteiger partial charge >= 0.3 is 0 Å². The zero-order valence-electron chi connectivity index (χ0n) is 20.7. The van der Waals surface area contributed by atoms with E-state index in [9.17, 15) is 5.26 Å². The molecule has 1 fully saturated rings. The van der Waals surface area contributed by atoms with Crippen LogP contribution in [0.5, 0.6) is 5.75 Å². The number of halogens is 2. The van der Waals surface area contributed by atoms with Crippen molar-refractivity contribution in [2.24, 2.45) is 0 Å². The Labute approximate surface area is 231 Å². The van der Waals surface area contributed by atoms with Gasteiger partial charge in [0.2, 0.25) is 0 Å². The van der Waals surface area contributed by atoms with Crippen molar-refractivity contribution in [3.8, 4) is 22.3 Å². The van der Waals surface area contributed by atoms with Gasteiger partial charge in [0, 0.05) is 60.1 Å². The number of rotatable bonds is 7. The summed E-state index contributed by atoms with van der Waals surface area (Å²) < 4.78 is 5.33. The lowest BCUT2D eigenvalue weighted by Gasteiger charge is -2.33. The Hall–Kier alpha value is -2.86. The molecule has 9 heteroatoms.